The molecule has 2 aromatic carbocycles. The SMILES string of the molecule is CCN(CC)Cc1ccccc1CNC(=S)Nc1ccc(SC(F)F)cc1. The number of alkyl halides is 2. The molecule has 0 unspecified atom stereocenters. The summed E-state index contributed by atoms with van der Waals surface area (Å²) in [5.74, 6) is -2.41. The molecule has 2 N–H and O–H groups in total. The van der Waals surface area contributed by atoms with Crippen LogP contribution in [0.15, 0.2) is 53.4 Å². The molecule has 0 bridgehead atoms. The van der Waals surface area contributed by atoms with E-state index in [2.05, 4.69) is 47.6 Å². The number of rotatable bonds is 9. The molecule has 0 spiro atoms. The maximum Gasteiger partial charge on any atom is 0.288 e. The van der Waals surface area contributed by atoms with Crippen molar-refractivity contribution in [2.24, 2.45) is 0 Å². The average molecular weight is 410 g/mol. The molecule has 0 radical (unpaired) electrons. The molecule has 2 aromatic rings. The summed E-state index contributed by atoms with van der Waals surface area (Å²) in [7, 11) is 0. The van der Waals surface area contributed by atoms with Crippen molar-refractivity contribution in [2.75, 3.05) is 18.4 Å². The van der Waals surface area contributed by atoms with Gasteiger partial charge in [-0.25, -0.2) is 0 Å². The number of nitrogens with zero attached hydrogens (tertiary/aromatic N) is 1. The van der Waals surface area contributed by atoms with Gasteiger partial charge in [0, 0.05) is 23.7 Å². The monoisotopic (exact) mass is 409 g/mol. The highest BCUT2D eigenvalue weighted by Gasteiger charge is 2.08. The highest BCUT2D eigenvalue weighted by Crippen LogP contribution is 2.26. The Labute approximate surface area is 169 Å². The Morgan fingerprint density at radius 1 is 1.04 bits per heavy atom. The van der Waals surface area contributed by atoms with E-state index < -0.39 is 5.76 Å². The van der Waals surface area contributed by atoms with E-state index in [1.807, 2.05) is 6.07 Å². The quantitative estimate of drug-likeness (QED) is 0.431. The van der Waals surface area contributed by atoms with E-state index in [9.17, 15) is 8.78 Å². The fourth-order valence-electron chi connectivity index (χ4n) is 2.64. The van der Waals surface area contributed by atoms with Crippen molar-refractivity contribution in [1.29, 1.82) is 0 Å². The van der Waals surface area contributed by atoms with Crippen molar-refractivity contribution < 1.29 is 8.78 Å². The molecule has 0 saturated carbocycles. The molecule has 0 fully saturated rings. The van der Waals surface area contributed by atoms with Gasteiger partial charge in [0.05, 0.1) is 0 Å². The van der Waals surface area contributed by atoms with Gasteiger partial charge < -0.3 is 10.6 Å². The van der Waals surface area contributed by atoms with Crippen LogP contribution in [0.3, 0.4) is 0 Å². The normalized spacial score (nSPS) is 11.0. The fraction of sp³-hybridized carbons (Fsp3) is 0.350. The molecule has 146 valence electrons. The predicted octanol–water partition coefficient (Wildman–Crippen LogP) is 5.33. The molecular formula is C20H25F2N3S2. The number of anilines is 1. The van der Waals surface area contributed by atoms with Gasteiger partial charge in [0.15, 0.2) is 5.11 Å². The second-order valence-corrected chi connectivity index (χ2v) is 7.41. The maximum atomic E-state index is 12.4. The minimum atomic E-state index is -2.41. The van der Waals surface area contributed by atoms with Gasteiger partial charge in [-0.05, 0) is 60.7 Å². The lowest BCUT2D eigenvalue weighted by molar-refractivity contribution is 0.252. The van der Waals surface area contributed by atoms with Crippen LogP contribution in [0.5, 0.6) is 0 Å². The molecular weight excluding hydrogens is 384 g/mol. The number of nitrogens with one attached hydrogen (secondary N) is 2. The van der Waals surface area contributed by atoms with Gasteiger partial charge in [-0.1, -0.05) is 49.9 Å². The summed E-state index contributed by atoms with van der Waals surface area (Å²) < 4.78 is 24.7. The molecule has 0 aliphatic carbocycles. The first-order valence-electron chi connectivity index (χ1n) is 8.90. The lowest BCUT2D eigenvalue weighted by Crippen LogP contribution is -2.29. The van der Waals surface area contributed by atoms with Gasteiger partial charge in [-0.15, -0.1) is 0 Å². The summed E-state index contributed by atoms with van der Waals surface area (Å²) in [4.78, 5) is 2.90. The Bertz CT molecular complexity index is 719. The van der Waals surface area contributed by atoms with Gasteiger partial charge >= 0.3 is 0 Å². The zero-order chi connectivity index (χ0) is 19.6. The molecule has 27 heavy (non-hydrogen) atoms. The summed E-state index contributed by atoms with van der Waals surface area (Å²) in [6.07, 6.45) is 0. The molecule has 3 nitrogen and oxygen atoms in total. The highest BCUT2D eigenvalue weighted by atomic mass is 32.2. The summed E-state index contributed by atoms with van der Waals surface area (Å²) in [5.41, 5.74) is 3.25. The largest absolute Gasteiger partial charge is 0.358 e. The zero-order valence-corrected chi connectivity index (χ0v) is 17.2. The van der Waals surface area contributed by atoms with Crippen molar-refractivity contribution >= 4 is 34.8 Å². The zero-order valence-electron chi connectivity index (χ0n) is 15.5. The van der Waals surface area contributed by atoms with E-state index in [1.165, 1.54) is 11.1 Å². The minimum absolute atomic E-state index is 0.502. The minimum Gasteiger partial charge on any atom is -0.358 e. The first kappa shape index (κ1) is 21.6. The lowest BCUT2D eigenvalue weighted by Gasteiger charge is -2.20. The van der Waals surface area contributed by atoms with Gasteiger partial charge in [0.25, 0.3) is 5.76 Å². The van der Waals surface area contributed by atoms with E-state index in [0.717, 1.165) is 25.3 Å². The molecule has 0 amide bonds. The van der Waals surface area contributed by atoms with Crippen LogP contribution in [-0.2, 0) is 13.1 Å². The van der Waals surface area contributed by atoms with Crippen LogP contribution in [0.2, 0.25) is 0 Å². The van der Waals surface area contributed by atoms with E-state index in [0.29, 0.717) is 28.3 Å². The number of hydrogen-bond donors (Lipinski definition) is 2. The van der Waals surface area contributed by atoms with Crippen molar-refractivity contribution in [1.82, 2.24) is 10.2 Å². The van der Waals surface area contributed by atoms with Crippen LogP contribution < -0.4 is 10.6 Å². The van der Waals surface area contributed by atoms with Crippen molar-refractivity contribution in [2.45, 2.75) is 37.6 Å². The fourth-order valence-corrected chi connectivity index (χ4v) is 3.33. The number of halogens is 2. The summed E-state index contributed by atoms with van der Waals surface area (Å²) >= 11 is 5.89. The Kier molecular flexibility index (Phi) is 8.97. The smallest absolute Gasteiger partial charge is 0.288 e. The van der Waals surface area contributed by atoms with E-state index in [1.54, 1.807) is 24.3 Å². The number of thiocarbonyl (C=S) groups is 1. The predicted molar refractivity (Wildman–Crippen MR) is 114 cm³/mol. The number of benzene rings is 2. The van der Waals surface area contributed by atoms with Crippen LogP contribution in [0, 0.1) is 0 Å². The van der Waals surface area contributed by atoms with E-state index in [4.69, 9.17) is 12.2 Å². The van der Waals surface area contributed by atoms with Crippen LogP contribution in [0.1, 0.15) is 25.0 Å². The molecule has 0 heterocycles. The molecule has 2 rings (SSSR count). The molecule has 0 saturated heterocycles. The van der Waals surface area contributed by atoms with Crippen molar-refractivity contribution in [3.63, 3.8) is 0 Å². The summed E-state index contributed by atoms with van der Waals surface area (Å²) in [6.45, 7) is 7.88. The van der Waals surface area contributed by atoms with E-state index >= 15 is 0 Å². The Balaban J connectivity index is 1.90. The van der Waals surface area contributed by atoms with Crippen molar-refractivity contribution in [3.8, 4) is 0 Å². The van der Waals surface area contributed by atoms with Gasteiger partial charge in [0.2, 0.25) is 0 Å². The number of thioether (sulfide) groups is 1. The van der Waals surface area contributed by atoms with Crippen molar-refractivity contribution in [3.05, 3.63) is 59.7 Å². The Morgan fingerprint density at radius 2 is 1.67 bits per heavy atom. The molecule has 0 aliphatic heterocycles. The average Bonchev–Trinajstić information content (AvgIpc) is 2.66. The number of hydrogen-bond acceptors (Lipinski definition) is 3. The van der Waals surface area contributed by atoms with Crippen LogP contribution in [0.4, 0.5) is 14.5 Å². The third kappa shape index (κ3) is 7.44. The highest BCUT2D eigenvalue weighted by molar-refractivity contribution is 7.99. The first-order valence-corrected chi connectivity index (χ1v) is 10.2. The second-order valence-electron chi connectivity index (χ2n) is 5.94. The summed E-state index contributed by atoms with van der Waals surface area (Å²) in [5, 5.41) is 6.81. The molecule has 0 aliphatic rings. The van der Waals surface area contributed by atoms with Crippen LogP contribution in [0.25, 0.3) is 0 Å². The van der Waals surface area contributed by atoms with Crippen LogP contribution in [-0.4, -0.2) is 28.9 Å². The molecule has 0 aromatic heterocycles. The van der Waals surface area contributed by atoms with Crippen LogP contribution >= 0.6 is 24.0 Å². The maximum absolute atomic E-state index is 12.4. The second kappa shape index (κ2) is 11.2. The van der Waals surface area contributed by atoms with Gasteiger partial charge in [-0.2, -0.15) is 8.78 Å². The Morgan fingerprint density at radius 3 is 2.26 bits per heavy atom. The molecule has 0 atom stereocenters. The summed E-state index contributed by atoms with van der Waals surface area (Å²) in [6, 6.07) is 15.1. The third-order valence-corrected chi connectivity index (χ3v) is 5.15. The first-order chi connectivity index (χ1) is 13.0. The Hall–Kier alpha value is -1.70. The molecule has 7 heteroatoms. The topological polar surface area (TPSA) is 27.3 Å². The van der Waals surface area contributed by atoms with E-state index in [-0.39, 0.29) is 0 Å². The standard InChI is InChI=1S/C20H25F2N3S2/c1-3-25(4-2)14-16-8-6-5-7-15(16)13-23-20(26)24-17-9-11-18(12-10-17)27-19(21)22/h5-12,19H,3-4,13-14H2,1-2H3,(H2,23,24,26). The lowest BCUT2D eigenvalue weighted by atomic mass is 10.1. The third-order valence-electron chi connectivity index (χ3n) is 4.18. The van der Waals surface area contributed by atoms with Gasteiger partial charge in [0.1, 0.15) is 0 Å². The van der Waals surface area contributed by atoms with Gasteiger partial charge in [-0.3, -0.25) is 4.90 Å².